The molecule has 2 N–H and O–H groups in total. The first-order valence-electron chi connectivity index (χ1n) is 7.47. The number of amides is 2. The van der Waals surface area contributed by atoms with Crippen LogP contribution >= 0.6 is 11.6 Å². The van der Waals surface area contributed by atoms with Crippen molar-refractivity contribution in [3.8, 4) is 0 Å². The van der Waals surface area contributed by atoms with Crippen LogP contribution in [0.3, 0.4) is 0 Å². The minimum atomic E-state index is -0.246. The standard InChI is InChI=1S/C18H19ClN2O2/c1-3-5-17(22)20-14-6-4-7-15(11-14)21-18(23)13-9-8-12(2)16(19)10-13/h4,6-11H,3,5H2,1-2H3,(H,20,22)(H,21,23). The second-order valence-electron chi connectivity index (χ2n) is 5.30. The molecule has 4 nitrogen and oxygen atoms in total. The zero-order valence-corrected chi connectivity index (χ0v) is 13.9. The molecule has 0 aliphatic carbocycles. The van der Waals surface area contributed by atoms with Gasteiger partial charge in [0.05, 0.1) is 0 Å². The Morgan fingerprint density at radius 1 is 1.04 bits per heavy atom. The Balaban J connectivity index is 2.08. The van der Waals surface area contributed by atoms with E-state index in [1.54, 1.807) is 42.5 Å². The predicted molar refractivity (Wildman–Crippen MR) is 94.1 cm³/mol. The number of benzene rings is 2. The van der Waals surface area contributed by atoms with Gasteiger partial charge in [-0.15, -0.1) is 0 Å². The largest absolute Gasteiger partial charge is 0.326 e. The van der Waals surface area contributed by atoms with Crippen LogP contribution in [0.1, 0.15) is 35.7 Å². The molecule has 0 spiro atoms. The molecule has 2 amide bonds. The van der Waals surface area contributed by atoms with E-state index in [9.17, 15) is 9.59 Å². The highest BCUT2D eigenvalue weighted by Crippen LogP contribution is 2.19. The third-order valence-electron chi connectivity index (χ3n) is 3.32. The molecule has 0 aromatic heterocycles. The van der Waals surface area contributed by atoms with Gasteiger partial charge in [-0.25, -0.2) is 0 Å². The van der Waals surface area contributed by atoms with Crippen LogP contribution < -0.4 is 10.6 Å². The van der Waals surface area contributed by atoms with Crippen molar-refractivity contribution in [3.63, 3.8) is 0 Å². The van der Waals surface area contributed by atoms with Crippen molar-refractivity contribution < 1.29 is 9.59 Å². The molecule has 0 unspecified atom stereocenters. The zero-order chi connectivity index (χ0) is 16.8. The first-order chi connectivity index (χ1) is 11.0. The smallest absolute Gasteiger partial charge is 0.255 e. The Morgan fingerprint density at radius 2 is 1.74 bits per heavy atom. The van der Waals surface area contributed by atoms with Crippen LogP contribution in [-0.4, -0.2) is 11.8 Å². The maximum Gasteiger partial charge on any atom is 0.255 e. The molecule has 0 aliphatic heterocycles. The summed E-state index contributed by atoms with van der Waals surface area (Å²) < 4.78 is 0. The van der Waals surface area contributed by atoms with Gasteiger partial charge in [-0.3, -0.25) is 9.59 Å². The van der Waals surface area contributed by atoms with Crippen LogP contribution in [0.5, 0.6) is 0 Å². The quantitative estimate of drug-likeness (QED) is 0.839. The number of rotatable bonds is 5. The highest BCUT2D eigenvalue weighted by atomic mass is 35.5. The number of anilines is 2. The number of hydrogen-bond donors (Lipinski definition) is 2. The van der Waals surface area contributed by atoms with Gasteiger partial charge in [-0.1, -0.05) is 30.7 Å². The van der Waals surface area contributed by atoms with Crippen LogP contribution in [0, 0.1) is 6.92 Å². The molecule has 0 radical (unpaired) electrons. The van der Waals surface area contributed by atoms with Gasteiger partial charge in [0.2, 0.25) is 5.91 Å². The van der Waals surface area contributed by atoms with Crippen LogP contribution in [-0.2, 0) is 4.79 Å². The predicted octanol–water partition coefficient (Wildman–Crippen LogP) is 4.64. The molecular weight excluding hydrogens is 312 g/mol. The van der Waals surface area contributed by atoms with Crippen LogP contribution in [0.4, 0.5) is 11.4 Å². The molecular formula is C18H19ClN2O2. The third-order valence-corrected chi connectivity index (χ3v) is 3.72. The number of halogens is 1. The molecule has 23 heavy (non-hydrogen) atoms. The van der Waals surface area contributed by atoms with E-state index in [-0.39, 0.29) is 11.8 Å². The summed E-state index contributed by atoms with van der Waals surface area (Å²) >= 11 is 6.05. The van der Waals surface area contributed by atoms with Crippen molar-refractivity contribution in [3.05, 3.63) is 58.6 Å². The van der Waals surface area contributed by atoms with E-state index in [2.05, 4.69) is 10.6 Å². The Hall–Kier alpha value is -2.33. The lowest BCUT2D eigenvalue weighted by atomic mass is 10.1. The summed E-state index contributed by atoms with van der Waals surface area (Å²) in [4.78, 5) is 23.9. The molecule has 0 aliphatic rings. The lowest BCUT2D eigenvalue weighted by Crippen LogP contribution is -2.13. The van der Waals surface area contributed by atoms with E-state index < -0.39 is 0 Å². The van der Waals surface area contributed by atoms with Gasteiger partial charge in [-0.2, -0.15) is 0 Å². The van der Waals surface area contributed by atoms with Crippen molar-refractivity contribution in [2.75, 3.05) is 10.6 Å². The molecule has 2 rings (SSSR count). The fourth-order valence-corrected chi connectivity index (χ4v) is 2.24. The average Bonchev–Trinajstić information content (AvgIpc) is 2.50. The molecule has 0 heterocycles. The summed E-state index contributed by atoms with van der Waals surface area (Å²) in [5.74, 6) is -0.287. The van der Waals surface area contributed by atoms with Gasteiger partial charge < -0.3 is 10.6 Å². The summed E-state index contributed by atoms with van der Waals surface area (Å²) in [5.41, 5.74) is 2.68. The summed E-state index contributed by atoms with van der Waals surface area (Å²) in [6.07, 6.45) is 1.26. The summed E-state index contributed by atoms with van der Waals surface area (Å²) in [6, 6.07) is 12.2. The van der Waals surface area contributed by atoms with Crippen LogP contribution in [0.15, 0.2) is 42.5 Å². The third kappa shape index (κ3) is 4.83. The average molecular weight is 331 g/mol. The van der Waals surface area contributed by atoms with Gasteiger partial charge in [0.1, 0.15) is 0 Å². The topological polar surface area (TPSA) is 58.2 Å². The van der Waals surface area contributed by atoms with Crippen molar-refractivity contribution in [2.45, 2.75) is 26.7 Å². The monoisotopic (exact) mass is 330 g/mol. The fraction of sp³-hybridized carbons (Fsp3) is 0.222. The Labute approximate surface area is 140 Å². The normalized spacial score (nSPS) is 10.2. The second-order valence-corrected chi connectivity index (χ2v) is 5.70. The number of hydrogen-bond acceptors (Lipinski definition) is 2. The Kier molecular flexibility index (Phi) is 5.77. The van der Waals surface area contributed by atoms with Crippen LogP contribution in [0.25, 0.3) is 0 Å². The number of carbonyl (C=O) groups is 2. The molecule has 120 valence electrons. The highest BCUT2D eigenvalue weighted by molar-refractivity contribution is 6.31. The van der Waals surface area contributed by atoms with E-state index in [4.69, 9.17) is 11.6 Å². The van der Waals surface area contributed by atoms with E-state index in [0.717, 1.165) is 12.0 Å². The van der Waals surface area contributed by atoms with E-state index in [1.807, 2.05) is 13.8 Å². The SMILES string of the molecule is CCCC(=O)Nc1cccc(NC(=O)c2ccc(C)c(Cl)c2)c1. The number of aryl methyl sites for hydroxylation is 1. The van der Waals surface area contributed by atoms with Gasteiger partial charge in [0, 0.05) is 28.4 Å². The maximum atomic E-state index is 12.3. The van der Waals surface area contributed by atoms with Gasteiger partial charge in [0.15, 0.2) is 0 Å². The van der Waals surface area contributed by atoms with Crippen molar-refractivity contribution >= 4 is 34.8 Å². The minimum absolute atomic E-state index is 0.0405. The maximum absolute atomic E-state index is 12.3. The van der Waals surface area contributed by atoms with Crippen molar-refractivity contribution in [1.82, 2.24) is 0 Å². The first kappa shape index (κ1) is 17.0. The lowest BCUT2D eigenvalue weighted by Gasteiger charge is -2.09. The van der Waals surface area contributed by atoms with E-state index >= 15 is 0 Å². The molecule has 5 heteroatoms. The van der Waals surface area contributed by atoms with E-state index in [0.29, 0.717) is 28.4 Å². The van der Waals surface area contributed by atoms with E-state index in [1.165, 1.54) is 0 Å². The molecule has 2 aromatic carbocycles. The van der Waals surface area contributed by atoms with Gasteiger partial charge in [-0.05, 0) is 49.2 Å². The number of nitrogens with one attached hydrogen (secondary N) is 2. The molecule has 0 saturated carbocycles. The molecule has 0 fully saturated rings. The first-order valence-corrected chi connectivity index (χ1v) is 7.85. The summed E-state index contributed by atoms with van der Waals surface area (Å²) in [5, 5.41) is 6.16. The molecule has 0 saturated heterocycles. The molecule has 0 bridgehead atoms. The van der Waals surface area contributed by atoms with Crippen molar-refractivity contribution in [1.29, 1.82) is 0 Å². The van der Waals surface area contributed by atoms with Crippen LogP contribution in [0.2, 0.25) is 5.02 Å². The van der Waals surface area contributed by atoms with Gasteiger partial charge in [0.25, 0.3) is 5.91 Å². The zero-order valence-electron chi connectivity index (χ0n) is 13.2. The second kappa shape index (κ2) is 7.79. The molecule has 2 aromatic rings. The molecule has 0 atom stereocenters. The van der Waals surface area contributed by atoms with Crippen molar-refractivity contribution in [2.24, 2.45) is 0 Å². The Morgan fingerprint density at radius 3 is 2.39 bits per heavy atom. The number of carbonyl (C=O) groups excluding carboxylic acids is 2. The summed E-state index contributed by atoms with van der Waals surface area (Å²) in [7, 11) is 0. The Bertz CT molecular complexity index is 729. The lowest BCUT2D eigenvalue weighted by molar-refractivity contribution is -0.116. The van der Waals surface area contributed by atoms with Gasteiger partial charge >= 0.3 is 0 Å². The summed E-state index contributed by atoms with van der Waals surface area (Å²) in [6.45, 7) is 3.83. The minimum Gasteiger partial charge on any atom is -0.326 e. The highest BCUT2D eigenvalue weighted by Gasteiger charge is 2.09. The fourth-order valence-electron chi connectivity index (χ4n) is 2.06.